The molecular formula is C29H50N6OSi. The standard InChI is InChI=1S/C29H50N6OSi/c1-9-31(4)37(32(5)10-2,33(6)11-3)26-18-24-36-25-23-30-29(34(7)27-19-14-12-15-20-27)35(8)28-21-16-13-17-22-28/h12-17,19-22H,9-11,18,23-26H2,1-8H3. The molecule has 0 heterocycles. The average Bonchev–Trinajstić information content (AvgIpc) is 2.95. The lowest BCUT2D eigenvalue weighted by Crippen LogP contribution is -2.72. The molecule has 0 unspecified atom stereocenters. The second-order valence-electron chi connectivity index (χ2n) is 9.50. The fourth-order valence-corrected chi connectivity index (χ4v) is 9.93. The molecule has 0 saturated heterocycles. The highest BCUT2D eigenvalue weighted by molar-refractivity contribution is 6.71. The van der Waals surface area contributed by atoms with Crippen molar-refractivity contribution in [2.45, 2.75) is 33.2 Å². The van der Waals surface area contributed by atoms with Gasteiger partial charge in [0.1, 0.15) is 0 Å². The van der Waals surface area contributed by atoms with Gasteiger partial charge in [-0.15, -0.1) is 0 Å². The van der Waals surface area contributed by atoms with Gasteiger partial charge in [-0.2, -0.15) is 0 Å². The van der Waals surface area contributed by atoms with Crippen LogP contribution in [0.1, 0.15) is 27.2 Å². The van der Waals surface area contributed by atoms with Gasteiger partial charge in [-0.1, -0.05) is 57.2 Å². The van der Waals surface area contributed by atoms with E-state index in [9.17, 15) is 0 Å². The first-order chi connectivity index (χ1) is 17.8. The van der Waals surface area contributed by atoms with Crippen LogP contribution in [0.3, 0.4) is 0 Å². The van der Waals surface area contributed by atoms with Crippen LogP contribution in [-0.2, 0) is 4.74 Å². The number of rotatable bonds is 15. The Labute approximate surface area is 227 Å². The molecule has 2 rings (SSSR count). The summed E-state index contributed by atoms with van der Waals surface area (Å²) in [6.07, 6.45) is 1.05. The first kappa shape index (κ1) is 31.0. The minimum Gasteiger partial charge on any atom is -0.380 e. The molecular weight excluding hydrogens is 476 g/mol. The number of benzene rings is 2. The third-order valence-electron chi connectivity index (χ3n) is 7.43. The second-order valence-corrected chi connectivity index (χ2v) is 13.8. The van der Waals surface area contributed by atoms with Crippen molar-refractivity contribution >= 4 is 25.9 Å². The van der Waals surface area contributed by atoms with Crippen molar-refractivity contribution in [1.82, 2.24) is 13.7 Å². The number of ether oxygens (including phenoxy) is 1. The lowest BCUT2D eigenvalue weighted by atomic mass is 10.3. The molecule has 0 saturated carbocycles. The second kappa shape index (κ2) is 15.9. The Morgan fingerprint density at radius 1 is 0.676 bits per heavy atom. The summed E-state index contributed by atoms with van der Waals surface area (Å²) in [6.45, 7) is 12.0. The van der Waals surface area contributed by atoms with Crippen molar-refractivity contribution < 1.29 is 4.74 Å². The van der Waals surface area contributed by atoms with E-state index < -0.39 is 8.56 Å². The van der Waals surface area contributed by atoms with E-state index in [1.165, 1.54) is 0 Å². The van der Waals surface area contributed by atoms with E-state index >= 15 is 0 Å². The van der Waals surface area contributed by atoms with Gasteiger partial charge in [-0.05, 0) is 77.5 Å². The molecule has 206 valence electrons. The van der Waals surface area contributed by atoms with Gasteiger partial charge in [-0.3, -0.25) is 0 Å². The van der Waals surface area contributed by atoms with Crippen molar-refractivity contribution in [3.63, 3.8) is 0 Å². The Morgan fingerprint density at radius 2 is 1.11 bits per heavy atom. The summed E-state index contributed by atoms with van der Waals surface area (Å²) >= 11 is 0. The lowest BCUT2D eigenvalue weighted by molar-refractivity contribution is 0.140. The zero-order valence-corrected chi connectivity index (χ0v) is 25.5. The maximum Gasteiger partial charge on any atom is 0.288 e. The molecule has 0 atom stereocenters. The Kier molecular flexibility index (Phi) is 13.3. The lowest BCUT2D eigenvalue weighted by Gasteiger charge is -2.50. The van der Waals surface area contributed by atoms with Crippen LogP contribution in [0.2, 0.25) is 6.04 Å². The fraction of sp³-hybridized carbons (Fsp3) is 0.552. The monoisotopic (exact) mass is 526 g/mol. The zero-order valence-electron chi connectivity index (χ0n) is 24.5. The van der Waals surface area contributed by atoms with Gasteiger partial charge < -0.3 is 28.2 Å². The van der Waals surface area contributed by atoms with Gasteiger partial charge in [0, 0.05) is 32.1 Å². The van der Waals surface area contributed by atoms with Gasteiger partial charge in [0.05, 0.1) is 13.2 Å². The number of anilines is 2. The van der Waals surface area contributed by atoms with Gasteiger partial charge in [-0.25, -0.2) is 4.99 Å². The molecule has 0 N–H and O–H groups in total. The van der Waals surface area contributed by atoms with Crippen LogP contribution in [0.15, 0.2) is 65.7 Å². The van der Waals surface area contributed by atoms with Gasteiger partial charge in [0.25, 0.3) is 8.56 Å². The average molecular weight is 527 g/mol. The van der Waals surface area contributed by atoms with Crippen molar-refractivity contribution in [3.05, 3.63) is 60.7 Å². The number of guanidine groups is 1. The first-order valence-electron chi connectivity index (χ1n) is 13.7. The zero-order chi connectivity index (χ0) is 27.3. The van der Waals surface area contributed by atoms with Crippen LogP contribution in [0, 0.1) is 0 Å². The van der Waals surface area contributed by atoms with E-state index in [0.717, 1.165) is 56.0 Å². The largest absolute Gasteiger partial charge is 0.380 e. The SMILES string of the molecule is CCN(C)[Si](CCCOCCN=C(N(C)c1ccccc1)N(C)c1ccccc1)(N(C)CC)N(C)CC. The summed E-state index contributed by atoms with van der Waals surface area (Å²) in [5.41, 5.74) is 2.21. The minimum atomic E-state index is -1.92. The quantitative estimate of drug-likeness (QED) is 0.143. The van der Waals surface area contributed by atoms with E-state index in [1.54, 1.807) is 0 Å². The predicted octanol–water partition coefficient (Wildman–Crippen LogP) is 4.82. The highest BCUT2D eigenvalue weighted by Gasteiger charge is 2.44. The van der Waals surface area contributed by atoms with Crippen molar-refractivity contribution in [2.75, 3.05) is 84.4 Å². The molecule has 2 aromatic carbocycles. The van der Waals surface area contributed by atoms with E-state index in [-0.39, 0.29) is 0 Å². The molecule has 0 aromatic heterocycles. The number of hydrogen-bond donors (Lipinski definition) is 0. The van der Waals surface area contributed by atoms with Crippen LogP contribution in [0.4, 0.5) is 11.4 Å². The number of para-hydroxylation sites is 2. The van der Waals surface area contributed by atoms with Crippen LogP contribution >= 0.6 is 0 Å². The van der Waals surface area contributed by atoms with E-state index in [0.29, 0.717) is 13.2 Å². The summed E-state index contributed by atoms with van der Waals surface area (Å²) in [7, 11) is 9.07. The highest BCUT2D eigenvalue weighted by atomic mass is 28.4. The maximum atomic E-state index is 6.11. The first-order valence-corrected chi connectivity index (χ1v) is 15.7. The third-order valence-corrected chi connectivity index (χ3v) is 13.1. The molecule has 0 amide bonds. The van der Waals surface area contributed by atoms with Crippen molar-refractivity contribution in [2.24, 2.45) is 4.99 Å². The van der Waals surface area contributed by atoms with Gasteiger partial charge >= 0.3 is 0 Å². The topological polar surface area (TPSA) is 37.8 Å². The Morgan fingerprint density at radius 3 is 1.51 bits per heavy atom. The molecule has 0 spiro atoms. The van der Waals surface area contributed by atoms with Crippen LogP contribution in [0.25, 0.3) is 0 Å². The van der Waals surface area contributed by atoms with Gasteiger partial charge in [0.15, 0.2) is 0 Å². The Hall–Kier alpha value is -2.23. The van der Waals surface area contributed by atoms with Crippen LogP contribution in [-0.4, -0.2) is 103 Å². The minimum absolute atomic E-state index is 0.611. The summed E-state index contributed by atoms with van der Waals surface area (Å²) in [4.78, 5) is 9.24. The maximum absolute atomic E-state index is 6.11. The van der Waals surface area contributed by atoms with Crippen molar-refractivity contribution in [3.8, 4) is 0 Å². The fourth-order valence-electron chi connectivity index (χ4n) is 4.90. The molecule has 7 nitrogen and oxygen atoms in total. The smallest absolute Gasteiger partial charge is 0.288 e. The summed E-state index contributed by atoms with van der Waals surface area (Å²) in [5.74, 6) is 0.895. The summed E-state index contributed by atoms with van der Waals surface area (Å²) in [5, 5.41) is 0. The van der Waals surface area contributed by atoms with E-state index in [1.807, 2.05) is 12.1 Å². The normalized spacial score (nSPS) is 11.9. The molecule has 8 heteroatoms. The number of aliphatic imine (C=N–C) groups is 1. The highest BCUT2D eigenvalue weighted by Crippen LogP contribution is 2.23. The number of nitrogens with zero attached hydrogens (tertiary/aromatic N) is 6. The van der Waals surface area contributed by atoms with Crippen LogP contribution < -0.4 is 9.80 Å². The summed E-state index contributed by atoms with van der Waals surface area (Å²) < 4.78 is 13.9. The van der Waals surface area contributed by atoms with Crippen LogP contribution in [0.5, 0.6) is 0 Å². The third kappa shape index (κ3) is 8.12. The van der Waals surface area contributed by atoms with Gasteiger partial charge in [0.2, 0.25) is 5.96 Å². The van der Waals surface area contributed by atoms with E-state index in [4.69, 9.17) is 9.73 Å². The molecule has 0 radical (unpaired) electrons. The molecule has 0 bridgehead atoms. The Balaban J connectivity index is 2.02. The molecule has 0 fully saturated rings. The molecule has 2 aromatic rings. The molecule has 0 aliphatic carbocycles. The molecule has 0 aliphatic heterocycles. The Bertz CT molecular complexity index is 839. The van der Waals surface area contributed by atoms with E-state index in [2.05, 4.69) is 128 Å². The van der Waals surface area contributed by atoms with Crippen molar-refractivity contribution in [1.29, 1.82) is 0 Å². The molecule has 37 heavy (non-hydrogen) atoms. The predicted molar refractivity (Wildman–Crippen MR) is 163 cm³/mol. The number of hydrogen-bond acceptors (Lipinski definition) is 5. The summed E-state index contributed by atoms with van der Waals surface area (Å²) in [6, 6.07) is 21.9. The molecule has 0 aliphatic rings.